The van der Waals surface area contributed by atoms with Crippen LogP contribution in [0.4, 0.5) is 10.5 Å². The average molecular weight is 419 g/mol. The molecule has 3 N–H and O–H groups in total. The smallest absolute Gasteiger partial charge is 0.290 e. The van der Waals surface area contributed by atoms with Crippen LogP contribution < -0.4 is 11.1 Å². The predicted octanol–water partition coefficient (Wildman–Crippen LogP) is 5.24. The van der Waals surface area contributed by atoms with Gasteiger partial charge in [-0.05, 0) is 59.3 Å². The Balaban J connectivity index is 1.62. The Morgan fingerprint density at radius 1 is 1.11 bits per heavy atom. The molecule has 4 rings (SSSR count). The molecule has 0 saturated carbocycles. The molecule has 1 aromatic heterocycles. The van der Waals surface area contributed by atoms with Crippen molar-refractivity contribution in [3.05, 3.63) is 68.2 Å². The number of anilines is 1. The molecule has 0 bridgehead atoms. The third kappa shape index (κ3) is 3.69. The number of furan rings is 1. The fourth-order valence-electron chi connectivity index (χ4n) is 2.81. The summed E-state index contributed by atoms with van der Waals surface area (Å²) in [7, 11) is 0. The molecule has 0 atom stereocenters. The number of rotatable bonds is 3. The molecule has 1 aliphatic heterocycles. The van der Waals surface area contributed by atoms with Crippen LogP contribution in [0.1, 0.15) is 16.9 Å². The third-order valence-electron chi connectivity index (χ3n) is 4.05. The normalized spacial score (nSPS) is 15.7. The first-order valence-electron chi connectivity index (χ1n) is 7.90. The minimum atomic E-state index is -0.380. The van der Waals surface area contributed by atoms with Gasteiger partial charge in [-0.1, -0.05) is 29.3 Å². The van der Waals surface area contributed by atoms with Crippen molar-refractivity contribution < 1.29 is 14.0 Å². The Morgan fingerprint density at radius 2 is 1.85 bits per heavy atom. The lowest BCUT2D eigenvalue weighted by Gasteiger charge is -2.04. The average Bonchev–Trinajstić information content (AvgIpc) is 3.14. The van der Waals surface area contributed by atoms with Crippen molar-refractivity contribution in [2.24, 2.45) is 0 Å². The Morgan fingerprint density at radius 3 is 2.52 bits per heavy atom. The fourth-order valence-corrected chi connectivity index (χ4v) is 4.02. The summed E-state index contributed by atoms with van der Waals surface area (Å²) in [4.78, 5) is 23.3. The van der Waals surface area contributed by atoms with Crippen molar-refractivity contribution in [3.63, 3.8) is 0 Å². The Kier molecular flexibility index (Phi) is 4.63. The molecule has 5 nitrogen and oxygen atoms in total. The van der Waals surface area contributed by atoms with Gasteiger partial charge in [-0.25, -0.2) is 0 Å². The summed E-state index contributed by atoms with van der Waals surface area (Å²) < 4.78 is 5.87. The maximum atomic E-state index is 11.7. The molecule has 27 heavy (non-hydrogen) atoms. The number of thioether (sulfide) groups is 1. The summed E-state index contributed by atoms with van der Waals surface area (Å²) >= 11 is 13.1. The SMILES string of the molecule is Nc1c(Cl)cc(Cc2cc3cc(C=C4SC(=O)NC4=O)ccc3o2)cc1Cl. The number of carbonyl (C=O) groups excluding carboxylic acids is 2. The molecule has 1 fully saturated rings. The molecule has 3 aromatic rings. The number of benzene rings is 2. The number of halogens is 2. The number of fused-ring (bicyclic) bond motifs is 1. The van der Waals surface area contributed by atoms with Gasteiger partial charge in [-0.15, -0.1) is 0 Å². The van der Waals surface area contributed by atoms with Crippen LogP contribution in [0.2, 0.25) is 10.0 Å². The standard InChI is InChI=1S/C19H12Cl2N2O3S/c20-13-5-10(6-14(21)17(13)22)4-12-8-11-3-9(1-2-15(11)26-12)7-16-18(24)23-19(25)27-16/h1-3,5-8H,4,22H2,(H,23,24,25). The van der Waals surface area contributed by atoms with E-state index in [1.54, 1.807) is 18.2 Å². The highest BCUT2D eigenvalue weighted by molar-refractivity contribution is 8.18. The van der Waals surface area contributed by atoms with E-state index in [1.165, 1.54) is 0 Å². The van der Waals surface area contributed by atoms with Gasteiger partial charge in [0.1, 0.15) is 11.3 Å². The number of hydrogen-bond acceptors (Lipinski definition) is 5. The summed E-state index contributed by atoms with van der Waals surface area (Å²) in [6.45, 7) is 0. The summed E-state index contributed by atoms with van der Waals surface area (Å²) in [6.07, 6.45) is 2.19. The van der Waals surface area contributed by atoms with Crippen molar-refractivity contribution in [1.82, 2.24) is 5.32 Å². The first-order chi connectivity index (χ1) is 12.9. The quantitative estimate of drug-likeness (QED) is 0.448. The molecule has 0 radical (unpaired) electrons. The molecule has 0 aliphatic carbocycles. The molecular formula is C19H12Cl2N2O3S. The second-order valence-corrected chi connectivity index (χ2v) is 7.84. The molecule has 136 valence electrons. The summed E-state index contributed by atoms with van der Waals surface area (Å²) in [5.41, 5.74) is 8.54. The van der Waals surface area contributed by atoms with Gasteiger partial charge in [0.25, 0.3) is 11.1 Å². The van der Waals surface area contributed by atoms with E-state index in [-0.39, 0.29) is 11.1 Å². The van der Waals surface area contributed by atoms with Gasteiger partial charge >= 0.3 is 0 Å². The van der Waals surface area contributed by atoms with Gasteiger partial charge in [0.2, 0.25) is 0 Å². The highest BCUT2D eigenvalue weighted by Gasteiger charge is 2.24. The largest absolute Gasteiger partial charge is 0.461 e. The highest BCUT2D eigenvalue weighted by atomic mass is 35.5. The van der Waals surface area contributed by atoms with Gasteiger partial charge < -0.3 is 10.2 Å². The van der Waals surface area contributed by atoms with E-state index in [4.69, 9.17) is 33.4 Å². The van der Waals surface area contributed by atoms with Crippen LogP contribution in [0.3, 0.4) is 0 Å². The summed E-state index contributed by atoms with van der Waals surface area (Å²) in [6, 6.07) is 11.0. The first kappa shape index (κ1) is 18.0. The lowest BCUT2D eigenvalue weighted by Crippen LogP contribution is -2.17. The van der Waals surface area contributed by atoms with Crippen LogP contribution >= 0.6 is 35.0 Å². The van der Waals surface area contributed by atoms with Crippen molar-refractivity contribution in [1.29, 1.82) is 0 Å². The molecule has 2 heterocycles. The Labute approximate surface area is 168 Å². The van der Waals surface area contributed by atoms with Gasteiger partial charge in [0.05, 0.1) is 20.6 Å². The van der Waals surface area contributed by atoms with Crippen molar-refractivity contribution in [2.75, 3.05) is 5.73 Å². The number of nitrogens with one attached hydrogen (secondary N) is 1. The van der Waals surface area contributed by atoms with Gasteiger partial charge in [0.15, 0.2) is 0 Å². The van der Waals surface area contributed by atoms with E-state index < -0.39 is 0 Å². The third-order valence-corrected chi connectivity index (χ3v) is 5.48. The predicted molar refractivity (Wildman–Crippen MR) is 109 cm³/mol. The molecule has 1 aliphatic rings. The molecule has 0 spiro atoms. The molecule has 1 saturated heterocycles. The molecule has 8 heteroatoms. The van der Waals surface area contributed by atoms with Gasteiger partial charge in [0, 0.05) is 11.8 Å². The number of nitrogens with two attached hydrogens (primary N) is 1. The van der Waals surface area contributed by atoms with Crippen LogP contribution in [-0.4, -0.2) is 11.1 Å². The van der Waals surface area contributed by atoms with Crippen LogP contribution in [0, 0.1) is 0 Å². The van der Waals surface area contributed by atoms with Crippen LogP contribution in [0.25, 0.3) is 17.0 Å². The lowest BCUT2D eigenvalue weighted by atomic mass is 10.1. The highest BCUT2D eigenvalue weighted by Crippen LogP contribution is 2.31. The molecule has 2 aromatic carbocycles. The molecular weight excluding hydrogens is 407 g/mol. The summed E-state index contributed by atoms with van der Waals surface area (Å²) in [5.74, 6) is 0.366. The Hall–Kier alpha value is -2.41. The lowest BCUT2D eigenvalue weighted by molar-refractivity contribution is -0.115. The number of carbonyl (C=O) groups is 2. The van der Waals surface area contributed by atoms with Crippen LogP contribution in [0.15, 0.2) is 45.7 Å². The van der Waals surface area contributed by atoms with Crippen molar-refractivity contribution in [2.45, 2.75) is 6.42 Å². The maximum Gasteiger partial charge on any atom is 0.290 e. The number of hydrogen-bond donors (Lipinski definition) is 2. The van der Waals surface area contributed by atoms with Crippen LogP contribution in [0.5, 0.6) is 0 Å². The molecule has 0 unspecified atom stereocenters. The van der Waals surface area contributed by atoms with E-state index in [1.807, 2.05) is 24.3 Å². The van der Waals surface area contributed by atoms with E-state index in [0.717, 1.165) is 39.6 Å². The van der Waals surface area contributed by atoms with Gasteiger partial charge in [-0.3, -0.25) is 14.9 Å². The fraction of sp³-hybridized carbons (Fsp3) is 0.0526. The Bertz CT molecular complexity index is 1110. The van der Waals surface area contributed by atoms with Crippen LogP contribution in [-0.2, 0) is 11.2 Å². The summed E-state index contributed by atoms with van der Waals surface area (Å²) in [5, 5.41) is 3.58. The maximum absolute atomic E-state index is 11.7. The monoisotopic (exact) mass is 418 g/mol. The zero-order chi connectivity index (χ0) is 19.1. The van der Waals surface area contributed by atoms with Crippen molar-refractivity contribution in [3.8, 4) is 0 Å². The van der Waals surface area contributed by atoms with E-state index in [2.05, 4.69) is 5.32 Å². The minimum Gasteiger partial charge on any atom is -0.461 e. The zero-order valence-corrected chi connectivity index (χ0v) is 16.0. The first-order valence-corrected chi connectivity index (χ1v) is 9.47. The van der Waals surface area contributed by atoms with Crippen molar-refractivity contribution >= 4 is 68.8 Å². The number of nitrogen functional groups attached to an aromatic ring is 1. The van der Waals surface area contributed by atoms with E-state index in [0.29, 0.717) is 27.1 Å². The van der Waals surface area contributed by atoms with Gasteiger partial charge in [-0.2, -0.15) is 0 Å². The topological polar surface area (TPSA) is 85.3 Å². The number of imide groups is 1. The van der Waals surface area contributed by atoms with E-state index >= 15 is 0 Å². The second-order valence-electron chi connectivity index (χ2n) is 6.01. The number of amides is 2. The second kappa shape index (κ2) is 6.96. The van der Waals surface area contributed by atoms with E-state index in [9.17, 15) is 9.59 Å². The zero-order valence-electron chi connectivity index (χ0n) is 13.7. The molecule has 2 amide bonds. The minimum absolute atomic E-state index is 0.358.